The van der Waals surface area contributed by atoms with Gasteiger partial charge in [0.25, 0.3) is 0 Å². The molecule has 1 aromatic rings. The van der Waals surface area contributed by atoms with E-state index >= 15 is 0 Å². The lowest BCUT2D eigenvalue weighted by molar-refractivity contribution is -0.153. The molecule has 0 unspecified atom stereocenters. The van der Waals surface area contributed by atoms with Crippen LogP contribution >= 0.6 is 24.0 Å². The van der Waals surface area contributed by atoms with E-state index in [9.17, 15) is 13.2 Å². The van der Waals surface area contributed by atoms with Crippen LogP contribution in [0.2, 0.25) is 0 Å². The van der Waals surface area contributed by atoms with Crippen LogP contribution in [0.1, 0.15) is 43.7 Å². The third-order valence-corrected chi connectivity index (χ3v) is 4.76. The molecule has 1 fully saturated rings. The zero-order chi connectivity index (χ0) is 21.1. The normalized spacial score (nSPS) is 15.0. The summed E-state index contributed by atoms with van der Waals surface area (Å²) in [6.45, 7) is 7.84. The number of halogens is 4. The fourth-order valence-corrected chi connectivity index (χ4v) is 3.27. The molecule has 0 aliphatic carbocycles. The van der Waals surface area contributed by atoms with E-state index in [2.05, 4.69) is 20.5 Å². The molecule has 0 bridgehead atoms. The minimum absolute atomic E-state index is 0. The molecule has 1 saturated heterocycles. The minimum atomic E-state index is -4.37. The molecule has 2 rings (SSSR count). The Bertz CT molecular complexity index is 650. The lowest BCUT2D eigenvalue weighted by atomic mass is 10.1. The smallest absolute Gasteiger partial charge is 0.422 e. The number of unbranched alkanes of at least 4 members (excludes halogenated alkanes) is 1. The lowest BCUT2D eigenvalue weighted by Crippen LogP contribution is -2.38. The Morgan fingerprint density at radius 2 is 1.90 bits per heavy atom. The number of alkyl halides is 3. The van der Waals surface area contributed by atoms with E-state index in [0.29, 0.717) is 18.1 Å². The van der Waals surface area contributed by atoms with Crippen LogP contribution in [0.15, 0.2) is 23.2 Å². The molecule has 0 amide bonds. The predicted octanol–water partition coefficient (Wildman–Crippen LogP) is 4.49. The van der Waals surface area contributed by atoms with Crippen LogP contribution in [0.25, 0.3) is 0 Å². The standard InChI is InChI=1S/C21H33F3N4O.HI/c1-3-25-20(26-10-4-5-11-28-12-6-7-13-28)27-15-18-9-8-17(2)14-19(18)29-16-21(22,23)24;/h8-9,14H,3-7,10-13,15-16H2,1-2H3,(H2,25,26,27);1H. The maximum absolute atomic E-state index is 12.5. The highest BCUT2D eigenvalue weighted by Gasteiger charge is 2.28. The van der Waals surface area contributed by atoms with Crippen molar-refractivity contribution < 1.29 is 17.9 Å². The van der Waals surface area contributed by atoms with Crippen LogP contribution in [0.5, 0.6) is 5.75 Å². The Kier molecular flexibility index (Phi) is 12.5. The summed E-state index contributed by atoms with van der Waals surface area (Å²) in [5.74, 6) is 0.892. The van der Waals surface area contributed by atoms with Gasteiger partial charge in [-0.1, -0.05) is 12.1 Å². The fraction of sp³-hybridized carbons (Fsp3) is 0.667. The molecule has 30 heavy (non-hydrogen) atoms. The molecule has 172 valence electrons. The number of benzene rings is 1. The lowest BCUT2D eigenvalue weighted by Gasteiger charge is -2.16. The number of likely N-dealkylation sites (tertiary alicyclic amines) is 1. The molecule has 5 nitrogen and oxygen atoms in total. The Balaban J connectivity index is 0.00000450. The molecular formula is C21H34F3IN4O. The quantitative estimate of drug-likeness (QED) is 0.198. The maximum Gasteiger partial charge on any atom is 0.422 e. The van der Waals surface area contributed by atoms with Crippen molar-refractivity contribution in [2.45, 2.75) is 52.3 Å². The predicted molar refractivity (Wildman–Crippen MR) is 126 cm³/mol. The van der Waals surface area contributed by atoms with E-state index in [-0.39, 0.29) is 36.3 Å². The van der Waals surface area contributed by atoms with Crippen LogP contribution in [0.4, 0.5) is 13.2 Å². The van der Waals surface area contributed by atoms with Gasteiger partial charge in [0.05, 0.1) is 6.54 Å². The first-order valence-electron chi connectivity index (χ1n) is 10.4. The first-order valence-corrected chi connectivity index (χ1v) is 10.4. The van der Waals surface area contributed by atoms with E-state index in [1.165, 1.54) is 25.9 Å². The summed E-state index contributed by atoms with van der Waals surface area (Å²) in [5, 5.41) is 6.48. The molecule has 1 heterocycles. The van der Waals surface area contributed by atoms with E-state index in [0.717, 1.165) is 31.5 Å². The van der Waals surface area contributed by atoms with Crippen LogP contribution < -0.4 is 15.4 Å². The van der Waals surface area contributed by atoms with Gasteiger partial charge in [0.15, 0.2) is 12.6 Å². The Labute approximate surface area is 194 Å². The number of nitrogens with one attached hydrogen (secondary N) is 2. The monoisotopic (exact) mass is 542 g/mol. The van der Waals surface area contributed by atoms with Gasteiger partial charge in [-0.3, -0.25) is 0 Å². The fourth-order valence-electron chi connectivity index (χ4n) is 3.27. The largest absolute Gasteiger partial charge is 0.484 e. The van der Waals surface area contributed by atoms with Crippen LogP contribution in [0, 0.1) is 6.92 Å². The van der Waals surface area contributed by atoms with E-state index in [4.69, 9.17) is 4.74 Å². The van der Waals surface area contributed by atoms with Crippen LogP contribution in [-0.2, 0) is 6.54 Å². The third-order valence-electron chi connectivity index (χ3n) is 4.76. The molecule has 9 heteroatoms. The van der Waals surface area contributed by atoms with Crippen LogP contribution in [0.3, 0.4) is 0 Å². The topological polar surface area (TPSA) is 48.9 Å². The van der Waals surface area contributed by atoms with Gasteiger partial charge < -0.3 is 20.3 Å². The summed E-state index contributed by atoms with van der Waals surface area (Å²) < 4.78 is 42.5. The van der Waals surface area contributed by atoms with Crippen LogP contribution in [-0.4, -0.2) is 56.4 Å². The molecule has 0 spiro atoms. The molecule has 0 atom stereocenters. The summed E-state index contributed by atoms with van der Waals surface area (Å²) in [4.78, 5) is 7.02. The van der Waals surface area contributed by atoms with Crippen molar-refractivity contribution >= 4 is 29.9 Å². The molecule has 1 aliphatic heterocycles. The molecule has 1 aromatic carbocycles. The van der Waals surface area contributed by atoms with Gasteiger partial charge in [0.1, 0.15) is 5.75 Å². The van der Waals surface area contributed by atoms with Crippen molar-refractivity contribution in [1.82, 2.24) is 15.5 Å². The number of nitrogens with zero attached hydrogens (tertiary/aromatic N) is 2. The Morgan fingerprint density at radius 1 is 1.17 bits per heavy atom. The van der Waals surface area contributed by atoms with Gasteiger partial charge in [0.2, 0.25) is 0 Å². The van der Waals surface area contributed by atoms with Crippen molar-refractivity contribution in [2.24, 2.45) is 4.99 Å². The van der Waals surface area contributed by atoms with Gasteiger partial charge in [-0.25, -0.2) is 4.99 Å². The SMILES string of the molecule is CCNC(=NCc1ccc(C)cc1OCC(F)(F)F)NCCCCN1CCCC1.I. The van der Waals surface area contributed by atoms with Crippen molar-refractivity contribution in [2.75, 3.05) is 39.3 Å². The molecule has 2 N–H and O–H groups in total. The number of hydrogen-bond donors (Lipinski definition) is 2. The van der Waals surface area contributed by atoms with Gasteiger partial charge in [0, 0.05) is 18.7 Å². The summed E-state index contributed by atoms with van der Waals surface area (Å²) in [5.41, 5.74) is 1.48. The summed E-state index contributed by atoms with van der Waals surface area (Å²) in [7, 11) is 0. The second-order valence-electron chi connectivity index (χ2n) is 7.39. The van der Waals surface area contributed by atoms with E-state index in [1.807, 2.05) is 19.9 Å². The van der Waals surface area contributed by atoms with Gasteiger partial charge in [-0.05, 0) is 70.8 Å². The summed E-state index contributed by atoms with van der Waals surface area (Å²) in [6, 6.07) is 5.24. The van der Waals surface area contributed by atoms with Crippen molar-refractivity contribution in [3.05, 3.63) is 29.3 Å². The summed E-state index contributed by atoms with van der Waals surface area (Å²) in [6.07, 6.45) is 0.438. The molecule has 1 aliphatic rings. The Morgan fingerprint density at radius 3 is 2.57 bits per heavy atom. The molecular weight excluding hydrogens is 508 g/mol. The maximum atomic E-state index is 12.5. The zero-order valence-electron chi connectivity index (χ0n) is 17.9. The zero-order valence-corrected chi connectivity index (χ0v) is 20.2. The van der Waals surface area contributed by atoms with E-state index < -0.39 is 12.8 Å². The third kappa shape index (κ3) is 10.7. The highest BCUT2D eigenvalue weighted by molar-refractivity contribution is 14.0. The number of aryl methyl sites for hydroxylation is 1. The minimum Gasteiger partial charge on any atom is -0.484 e. The second kappa shape index (κ2) is 14.0. The molecule has 0 aromatic heterocycles. The average molecular weight is 542 g/mol. The highest BCUT2D eigenvalue weighted by atomic mass is 127. The number of aliphatic imine (C=N–C) groups is 1. The molecule has 0 radical (unpaired) electrons. The average Bonchev–Trinajstić information content (AvgIpc) is 3.18. The second-order valence-corrected chi connectivity index (χ2v) is 7.39. The highest BCUT2D eigenvalue weighted by Crippen LogP contribution is 2.24. The molecule has 0 saturated carbocycles. The first kappa shape index (κ1) is 26.8. The number of guanidine groups is 1. The van der Waals surface area contributed by atoms with Gasteiger partial charge >= 0.3 is 6.18 Å². The van der Waals surface area contributed by atoms with Crippen molar-refractivity contribution in [3.8, 4) is 5.75 Å². The van der Waals surface area contributed by atoms with E-state index in [1.54, 1.807) is 12.1 Å². The van der Waals surface area contributed by atoms with Gasteiger partial charge in [-0.2, -0.15) is 13.2 Å². The number of hydrogen-bond acceptors (Lipinski definition) is 3. The summed E-state index contributed by atoms with van der Waals surface area (Å²) >= 11 is 0. The Hall–Kier alpha value is -1.23. The van der Waals surface area contributed by atoms with Gasteiger partial charge in [-0.15, -0.1) is 24.0 Å². The first-order chi connectivity index (χ1) is 13.9. The number of rotatable bonds is 10. The number of ether oxygens (including phenoxy) is 1. The van der Waals surface area contributed by atoms with Crippen molar-refractivity contribution in [1.29, 1.82) is 0 Å². The van der Waals surface area contributed by atoms with Crippen molar-refractivity contribution in [3.63, 3.8) is 0 Å².